The van der Waals surface area contributed by atoms with Gasteiger partial charge in [-0.05, 0) is 29.5 Å². The van der Waals surface area contributed by atoms with Crippen molar-refractivity contribution in [2.75, 3.05) is 13.1 Å². The van der Waals surface area contributed by atoms with Gasteiger partial charge in [-0.25, -0.2) is 0 Å². The zero-order valence-corrected chi connectivity index (χ0v) is 10.9. The molecule has 1 aliphatic rings. The molecule has 1 aliphatic heterocycles. The Hall–Kier alpha value is -1.82. The minimum absolute atomic E-state index is 0.191. The number of amides is 1. The van der Waals surface area contributed by atoms with Crippen molar-refractivity contribution < 1.29 is 4.79 Å². The van der Waals surface area contributed by atoms with Crippen LogP contribution in [0.15, 0.2) is 24.3 Å². The first kappa shape index (κ1) is 12.6. The van der Waals surface area contributed by atoms with Crippen LogP contribution < -0.4 is 0 Å². The SMILES string of the molecule is CC1CN(C(=O)Cc2ccc(C#N)cc2)CC1C. The van der Waals surface area contributed by atoms with Gasteiger partial charge in [-0.3, -0.25) is 4.79 Å². The number of rotatable bonds is 2. The quantitative estimate of drug-likeness (QED) is 0.798. The molecule has 2 rings (SSSR count). The van der Waals surface area contributed by atoms with Crippen molar-refractivity contribution in [3.8, 4) is 6.07 Å². The number of hydrogen-bond acceptors (Lipinski definition) is 2. The lowest BCUT2D eigenvalue weighted by Crippen LogP contribution is -2.30. The molecular formula is C15H18N2O. The average molecular weight is 242 g/mol. The minimum Gasteiger partial charge on any atom is -0.342 e. The fourth-order valence-corrected chi connectivity index (χ4v) is 2.32. The molecule has 0 radical (unpaired) electrons. The number of carbonyl (C=O) groups is 1. The summed E-state index contributed by atoms with van der Waals surface area (Å²) in [6.07, 6.45) is 0.436. The van der Waals surface area contributed by atoms with E-state index < -0.39 is 0 Å². The van der Waals surface area contributed by atoms with Gasteiger partial charge in [0, 0.05) is 13.1 Å². The van der Waals surface area contributed by atoms with E-state index in [9.17, 15) is 4.79 Å². The molecule has 0 aliphatic carbocycles. The van der Waals surface area contributed by atoms with Crippen LogP contribution in [0.2, 0.25) is 0 Å². The van der Waals surface area contributed by atoms with Crippen LogP contribution in [-0.4, -0.2) is 23.9 Å². The molecule has 2 unspecified atom stereocenters. The van der Waals surface area contributed by atoms with Crippen LogP contribution in [0.1, 0.15) is 25.0 Å². The maximum atomic E-state index is 12.1. The van der Waals surface area contributed by atoms with E-state index in [0.717, 1.165) is 18.7 Å². The fourth-order valence-electron chi connectivity index (χ4n) is 2.32. The van der Waals surface area contributed by atoms with Crippen LogP contribution in [-0.2, 0) is 11.2 Å². The summed E-state index contributed by atoms with van der Waals surface area (Å²) in [4.78, 5) is 14.1. The molecule has 18 heavy (non-hydrogen) atoms. The third kappa shape index (κ3) is 2.70. The molecule has 1 aromatic carbocycles. The molecule has 1 fully saturated rings. The van der Waals surface area contributed by atoms with Crippen molar-refractivity contribution in [3.05, 3.63) is 35.4 Å². The van der Waals surface area contributed by atoms with Crippen LogP contribution >= 0.6 is 0 Å². The Kier molecular flexibility index (Phi) is 3.66. The second-order valence-electron chi connectivity index (χ2n) is 5.24. The zero-order chi connectivity index (χ0) is 13.1. The molecule has 94 valence electrons. The van der Waals surface area contributed by atoms with Gasteiger partial charge in [-0.2, -0.15) is 5.26 Å². The van der Waals surface area contributed by atoms with Gasteiger partial charge in [-0.15, -0.1) is 0 Å². The molecule has 0 bridgehead atoms. The normalized spacial score (nSPS) is 22.8. The van der Waals surface area contributed by atoms with Crippen molar-refractivity contribution >= 4 is 5.91 Å². The monoisotopic (exact) mass is 242 g/mol. The van der Waals surface area contributed by atoms with Crippen LogP contribution in [0, 0.1) is 23.2 Å². The van der Waals surface area contributed by atoms with Crippen molar-refractivity contribution in [2.45, 2.75) is 20.3 Å². The van der Waals surface area contributed by atoms with E-state index in [4.69, 9.17) is 5.26 Å². The highest BCUT2D eigenvalue weighted by molar-refractivity contribution is 5.79. The predicted molar refractivity (Wildman–Crippen MR) is 69.8 cm³/mol. The van der Waals surface area contributed by atoms with Crippen molar-refractivity contribution in [1.82, 2.24) is 4.90 Å². The second-order valence-corrected chi connectivity index (χ2v) is 5.24. The minimum atomic E-state index is 0.191. The summed E-state index contributed by atoms with van der Waals surface area (Å²) in [5.41, 5.74) is 1.61. The molecule has 0 saturated carbocycles. The molecule has 3 heteroatoms. The number of nitrogens with zero attached hydrogens (tertiary/aromatic N) is 2. The summed E-state index contributed by atoms with van der Waals surface area (Å²) in [6, 6.07) is 9.32. The van der Waals surface area contributed by atoms with Crippen molar-refractivity contribution in [3.63, 3.8) is 0 Å². The lowest BCUT2D eigenvalue weighted by atomic mass is 10.0. The van der Waals surface area contributed by atoms with E-state index in [-0.39, 0.29) is 5.91 Å². The molecule has 1 heterocycles. The number of hydrogen-bond donors (Lipinski definition) is 0. The highest BCUT2D eigenvalue weighted by Crippen LogP contribution is 2.22. The Morgan fingerprint density at radius 2 is 1.83 bits per heavy atom. The van der Waals surface area contributed by atoms with Crippen LogP contribution in [0.4, 0.5) is 0 Å². The number of carbonyl (C=O) groups excluding carboxylic acids is 1. The Morgan fingerprint density at radius 1 is 1.28 bits per heavy atom. The highest BCUT2D eigenvalue weighted by Gasteiger charge is 2.28. The molecule has 2 atom stereocenters. The second kappa shape index (κ2) is 5.22. The van der Waals surface area contributed by atoms with Gasteiger partial charge in [0.25, 0.3) is 0 Å². The Balaban J connectivity index is 1.97. The van der Waals surface area contributed by atoms with Gasteiger partial charge >= 0.3 is 0 Å². The van der Waals surface area contributed by atoms with Gasteiger partial charge in [0.1, 0.15) is 0 Å². The molecular weight excluding hydrogens is 224 g/mol. The summed E-state index contributed by atoms with van der Waals surface area (Å²) in [5.74, 6) is 1.38. The Morgan fingerprint density at radius 3 is 2.33 bits per heavy atom. The molecule has 3 nitrogen and oxygen atoms in total. The standard InChI is InChI=1S/C15H18N2O/c1-11-9-17(10-12(11)2)15(18)7-13-3-5-14(8-16)6-4-13/h3-6,11-12H,7,9-10H2,1-2H3. The summed E-state index contributed by atoms with van der Waals surface area (Å²) in [7, 11) is 0. The molecule has 0 aromatic heterocycles. The van der Waals surface area contributed by atoms with E-state index in [0.29, 0.717) is 23.8 Å². The van der Waals surface area contributed by atoms with Crippen molar-refractivity contribution in [2.24, 2.45) is 11.8 Å². The Labute approximate surface area is 108 Å². The first-order valence-corrected chi connectivity index (χ1v) is 6.37. The first-order chi connectivity index (χ1) is 8.60. The summed E-state index contributed by atoms with van der Waals surface area (Å²) in [6.45, 7) is 6.13. The topological polar surface area (TPSA) is 44.1 Å². The van der Waals surface area contributed by atoms with Crippen LogP contribution in [0.25, 0.3) is 0 Å². The average Bonchev–Trinajstić information content (AvgIpc) is 2.71. The third-order valence-electron chi connectivity index (χ3n) is 3.78. The number of benzene rings is 1. The molecule has 1 aromatic rings. The van der Waals surface area contributed by atoms with Gasteiger partial charge in [0.2, 0.25) is 5.91 Å². The number of nitriles is 1. The summed E-state index contributed by atoms with van der Waals surface area (Å²) >= 11 is 0. The highest BCUT2D eigenvalue weighted by atomic mass is 16.2. The molecule has 1 amide bonds. The molecule has 0 N–H and O–H groups in total. The molecule has 1 saturated heterocycles. The van der Waals surface area contributed by atoms with E-state index in [1.807, 2.05) is 17.0 Å². The van der Waals surface area contributed by atoms with Gasteiger partial charge in [0.15, 0.2) is 0 Å². The van der Waals surface area contributed by atoms with E-state index in [2.05, 4.69) is 19.9 Å². The third-order valence-corrected chi connectivity index (χ3v) is 3.78. The first-order valence-electron chi connectivity index (χ1n) is 6.37. The summed E-state index contributed by atoms with van der Waals surface area (Å²) < 4.78 is 0. The molecule has 0 spiro atoms. The van der Waals surface area contributed by atoms with Gasteiger partial charge in [-0.1, -0.05) is 26.0 Å². The largest absolute Gasteiger partial charge is 0.342 e. The lowest BCUT2D eigenvalue weighted by molar-refractivity contribution is -0.129. The summed E-state index contributed by atoms with van der Waals surface area (Å²) in [5, 5.41) is 8.72. The van der Waals surface area contributed by atoms with E-state index >= 15 is 0 Å². The lowest BCUT2D eigenvalue weighted by Gasteiger charge is -2.16. The maximum absolute atomic E-state index is 12.1. The van der Waals surface area contributed by atoms with E-state index in [1.165, 1.54) is 0 Å². The number of likely N-dealkylation sites (tertiary alicyclic amines) is 1. The van der Waals surface area contributed by atoms with Gasteiger partial charge < -0.3 is 4.90 Å². The van der Waals surface area contributed by atoms with Crippen LogP contribution in [0.3, 0.4) is 0 Å². The van der Waals surface area contributed by atoms with E-state index in [1.54, 1.807) is 12.1 Å². The smallest absolute Gasteiger partial charge is 0.227 e. The van der Waals surface area contributed by atoms with Gasteiger partial charge in [0.05, 0.1) is 18.1 Å². The maximum Gasteiger partial charge on any atom is 0.227 e. The predicted octanol–water partition coefficient (Wildman–Crippen LogP) is 2.22. The van der Waals surface area contributed by atoms with Crippen LogP contribution in [0.5, 0.6) is 0 Å². The van der Waals surface area contributed by atoms with Crippen molar-refractivity contribution in [1.29, 1.82) is 5.26 Å². The Bertz CT molecular complexity index is 462. The zero-order valence-electron chi connectivity index (χ0n) is 10.9. The fraction of sp³-hybridized carbons (Fsp3) is 0.467.